The number of benzene rings is 1. The highest BCUT2D eigenvalue weighted by molar-refractivity contribution is 6.01. The first-order valence-electron chi connectivity index (χ1n) is 6.57. The maximum atomic E-state index is 12.3. The van der Waals surface area contributed by atoms with Crippen molar-refractivity contribution in [2.24, 2.45) is 0 Å². The van der Waals surface area contributed by atoms with Crippen molar-refractivity contribution in [3.63, 3.8) is 0 Å². The van der Waals surface area contributed by atoms with Crippen LogP contribution in [-0.4, -0.2) is 37.3 Å². The molecule has 1 aromatic carbocycles. The minimum absolute atomic E-state index is 0.240. The highest BCUT2D eigenvalue weighted by atomic mass is 16.9. The molecule has 0 aliphatic carbocycles. The lowest BCUT2D eigenvalue weighted by molar-refractivity contribution is 0.197. The largest absolute Gasteiger partial charge is 0.733 e. The Balaban J connectivity index is 2.17. The predicted octanol–water partition coefficient (Wildman–Crippen LogP) is 2.02. The van der Waals surface area contributed by atoms with Crippen molar-refractivity contribution in [1.29, 1.82) is 0 Å². The summed E-state index contributed by atoms with van der Waals surface area (Å²) in [6.07, 6.45) is 4.47. The Kier molecular flexibility index (Phi) is 5.28. The van der Waals surface area contributed by atoms with E-state index in [1.807, 2.05) is 0 Å². The second-order valence-electron chi connectivity index (χ2n) is 4.38. The number of hydrogen-bond donors (Lipinski definition) is 1. The summed E-state index contributed by atoms with van der Waals surface area (Å²) < 4.78 is 5.18. The molecular formula is C14H16N5O4-. The van der Waals surface area contributed by atoms with E-state index in [1.54, 1.807) is 13.1 Å². The Morgan fingerprint density at radius 3 is 2.70 bits per heavy atom. The second kappa shape index (κ2) is 7.38. The number of amides is 2. The molecule has 0 bridgehead atoms. The molecule has 0 aliphatic rings. The first kappa shape index (κ1) is 16.5. The monoisotopic (exact) mass is 318 g/mol. The van der Waals surface area contributed by atoms with Gasteiger partial charge in [-0.2, -0.15) is 0 Å². The number of ether oxygens (including phenoxy) is 1. The Morgan fingerprint density at radius 2 is 2.09 bits per heavy atom. The number of urea groups is 1. The van der Waals surface area contributed by atoms with Crippen LogP contribution in [0.4, 0.5) is 22.0 Å². The fourth-order valence-corrected chi connectivity index (χ4v) is 1.77. The van der Waals surface area contributed by atoms with E-state index in [2.05, 4.69) is 20.1 Å². The zero-order chi connectivity index (χ0) is 16.8. The molecule has 0 atom stereocenters. The van der Waals surface area contributed by atoms with Crippen LogP contribution in [0.25, 0.3) is 0 Å². The summed E-state index contributed by atoms with van der Waals surface area (Å²) in [6, 6.07) is 4.06. The molecule has 2 rings (SSSR count). The van der Waals surface area contributed by atoms with Crippen molar-refractivity contribution in [3.05, 3.63) is 42.0 Å². The fraction of sp³-hybridized carbons (Fsp3) is 0.214. The van der Waals surface area contributed by atoms with Gasteiger partial charge in [0.15, 0.2) is 5.82 Å². The second-order valence-corrected chi connectivity index (χ2v) is 4.38. The summed E-state index contributed by atoms with van der Waals surface area (Å²) in [4.78, 5) is 26.1. The molecule has 23 heavy (non-hydrogen) atoms. The normalized spacial score (nSPS) is 10.1. The van der Waals surface area contributed by atoms with Gasteiger partial charge in [0.1, 0.15) is 5.75 Å². The Labute approximate surface area is 133 Å². The summed E-state index contributed by atoms with van der Waals surface area (Å²) in [6.45, 7) is 0. The highest BCUT2D eigenvalue weighted by Gasteiger charge is 2.15. The number of nitrogens with one attached hydrogen (secondary N) is 1. The molecule has 2 amide bonds. The molecule has 0 fully saturated rings. The van der Waals surface area contributed by atoms with Gasteiger partial charge < -0.3 is 20.5 Å². The first-order chi connectivity index (χ1) is 11.1. The molecule has 1 aromatic heterocycles. The van der Waals surface area contributed by atoms with Crippen LogP contribution >= 0.6 is 0 Å². The molecule has 1 heterocycles. The van der Waals surface area contributed by atoms with Crippen molar-refractivity contribution in [2.45, 2.75) is 0 Å². The van der Waals surface area contributed by atoms with Gasteiger partial charge >= 0.3 is 6.03 Å². The summed E-state index contributed by atoms with van der Waals surface area (Å²) >= 11 is 0. The molecule has 0 saturated carbocycles. The number of carbonyl (C=O) groups is 1. The van der Waals surface area contributed by atoms with Gasteiger partial charge in [-0.25, -0.2) is 9.78 Å². The van der Waals surface area contributed by atoms with Gasteiger partial charge in [-0.15, -0.1) is 0 Å². The van der Waals surface area contributed by atoms with Gasteiger partial charge in [0, 0.05) is 25.5 Å². The number of nitrogens with zero attached hydrogens (tertiary/aromatic N) is 4. The maximum Gasteiger partial charge on any atom is 0.327 e. The summed E-state index contributed by atoms with van der Waals surface area (Å²) in [7, 11) is 4.25. The van der Waals surface area contributed by atoms with Gasteiger partial charge in [0.25, 0.3) is 0 Å². The Morgan fingerprint density at radius 1 is 1.30 bits per heavy atom. The Bertz CT molecular complexity index is 667. The number of hydrogen-bond acceptors (Lipinski definition) is 7. The maximum absolute atomic E-state index is 12.3. The quantitative estimate of drug-likeness (QED) is 0.841. The van der Waals surface area contributed by atoms with E-state index in [-0.39, 0.29) is 5.69 Å². The number of methoxy groups -OCH3 is 1. The number of anilines is 3. The molecule has 0 unspecified atom stereocenters. The topological polar surface area (TPSA) is 103 Å². The summed E-state index contributed by atoms with van der Waals surface area (Å²) in [5.74, 6) is 0.715. The number of carbonyl (C=O) groups excluding carboxylic acids is 1. The molecule has 2 aromatic rings. The van der Waals surface area contributed by atoms with E-state index >= 15 is 0 Å². The van der Waals surface area contributed by atoms with Gasteiger partial charge in [0.2, 0.25) is 0 Å². The Hall–Kier alpha value is -2.91. The molecule has 1 N–H and O–H groups in total. The van der Waals surface area contributed by atoms with Crippen molar-refractivity contribution in [3.8, 4) is 5.75 Å². The standard InChI is InChI=1S/C14H16N5O4/c1-18(13-9-15-6-7-16-13)14(20)17-11-5-4-10(19(21)23-3)8-12(11)22-2/h4-9H,1-3H3,(H,17,20)/q-1. The fourth-order valence-electron chi connectivity index (χ4n) is 1.77. The highest BCUT2D eigenvalue weighted by Crippen LogP contribution is 2.30. The van der Waals surface area contributed by atoms with Crippen LogP contribution in [0.1, 0.15) is 0 Å². The zero-order valence-corrected chi connectivity index (χ0v) is 12.9. The van der Waals surface area contributed by atoms with Crippen LogP contribution in [0.5, 0.6) is 5.75 Å². The average molecular weight is 318 g/mol. The van der Waals surface area contributed by atoms with Crippen LogP contribution in [0, 0.1) is 5.21 Å². The third-order valence-corrected chi connectivity index (χ3v) is 3.00. The van der Waals surface area contributed by atoms with Crippen molar-refractivity contribution in [2.75, 3.05) is 36.7 Å². The molecule has 9 heteroatoms. The van der Waals surface area contributed by atoms with Crippen LogP contribution in [0.2, 0.25) is 0 Å². The SMILES string of the molecule is COc1cc(N([O-])OC)ccc1NC(=O)N(C)c1cnccn1. The smallest absolute Gasteiger partial charge is 0.327 e. The van der Waals surface area contributed by atoms with E-state index in [0.717, 1.165) is 0 Å². The lowest BCUT2D eigenvalue weighted by atomic mass is 10.2. The average Bonchev–Trinajstić information content (AvgIpc) is 2.61. The predicted molar refractivity (Wildman–Crippen MR) is 85.3 cm³/mol. The van der Waals surface area contributed by atoms with Crippen molar-refractivity contribution in [1.82, 2.24) is 9.97 Å². The van der Waals surface area contributed by atoms with Gasteiger partial charge in [-0.1, -0.05) is 0 Å². The zero-order valence-electron chi connectivity index (χ0n) is 12.9. The minimum Gasteiger partial charge on any atom is -0.733 e. The lowest BCUT2D eigenvalue weighted by Crippen LogP contribution is -2.32. The molecule has 122 valence electrons. The van der Waals surface area contributed by atoms with Crippen LogP contribution < -0.4 is 20.2 Å². The molecule has 0 saturated heterocycles. The molecule has 0 aliphatic heterocycles. The lowest BCUT2D eigenvalue weighted by Gasteiger charge is -2.27. The van der Waals surface area contributed by atoms with Crippen LogP contribution in [0.3, 0.4) is 0 Å². The van der Waals surface area contributed by atoms with Crippen LogP contribution in [0.15, 0.2) is 36.8 Å². The van der Waals surface area contributed by atoms with Crippen LogP contribution in [-0.2, 0) is 4.84 Å². The molecular weight excluding hydrogens is 302 g/mol. The van der Waals surface area contributed by atoms with Crippen molar-refractivity contribution >= 4 is 23.2 Å². The third kappa shape index (κ3) is 3.84. The first-order valence-corrected chi connectivity index (χ1v) is 6.57. The van der Waals surface area contributed by atoms with Gasteiger partial charge in [-0.3, -0.25) is 14.7 Å². The summed E-state index contributed by atoms with van der Waals surface area (Å²) in [5.41, 5.74) is 0.645. The van der Waals surface area contributed by atoms with Gasteiger partial charge in [-0.05, 0) is 12.1 Å². The minimum atomic E-state index is -0.428. The van der Waals surface area contributed by atoms with E-state index in [4.69, 9.17) is 4.74 Å². The van der Waals surface area contributed by atoms with E-state index in [9.17, 15) is 10.0 Å². The number of aromatic nitrogens is 2. The number of rotatable bonds is 5. The van der Waals surface area contributed by atoms with E-state index < -0.39 is 6.03 Å². The van der Waals surface area contributed by atoms with E-state index in [0.29, 0.717) is 22.5 Å². The third-order valence-electron chi connectivity index (χ3n) is 3.00. The molecule has 0 radical (unpaired) electrons. The molecule has 0 spiro atoms. The van der Waals surface area contributed by atoms with E-state index in [1.165, 1.54) is 49.8 Å². The molecule has 9 nitrogen and oxygen atoms in total. The van der Waals surface area contributed by atoms with Gasteiger partial charge in [0.05, 0.1) is 31.8 Å². The summed E-state index contributed by atoms with van der Waals surface area (Å²) in [5, 5.41) is 14.4. The van der Waals surface area contributed by atoms with Crippen molar-refractivity contribution < 1.29 is 14.4 Å².